The number of nitrogens with zero attached hydrogens (tertiary/aromatic N) is 2. The zero-order valence-electron chi connectivity index (χ0n) is 17.5. The maximum atomic E-state index is 14.5. The van der Waals surface area contributed by atoms with E-state index in [0.29, 0.717) is 37.4 Å². The summed E-state index contributed by atoms with van der Waals surface area (Å²) in [4.78, 5) is 14.8. The van der Waals surface area contributed by atoms with Crippen LogP contribution in [-0.2, 0) is 18.0 Å². The molecule has 0 bridgehead atoms. The third-order valence-corrected chi connectivity index (χ3v) is 6.21. The van der Waals surface area contributed by atoms with Gasteiger partial charge in [0, 0.05) is 24.7 Å². The molecule has 5 rings (SSSR count). The average molecular weight is 427 g/mol. The molecule has 1 atom stereocenters. The lowest BCUT2D eigenvalue weighted by Crippen LogP contribution is -2.31. The average Bonchev–Trinajstić information content (AvgIpc) is 3.46. The molecule has 1 saturated heterocycles. The number of amides is 1. The highest BCUT2D eigenvalue weighted by molar-refractivity contribution is 5.98. The summed E-state index contributed by atoms with van der Waals surface area (Å²) in [7, 11) is 0. The molecule has 0 unspecified atom stereocenters. The van der Waals surface area contributed by atoms with Gasteiger partial charge in [-0.3, -0.25) is 4.79 Å². The van der Waals surface area contributed by atoms with E-state index in [1.165, 1.54) is 12.1 Å². The normalized spacial score (nSPS) is 17.3. The Kier molecular flexibility index (Phi) is 5.22. The second-order valence-electron chi connectivity index (χ2n) is 8.34. The van der Waals surface area contributed by atoms with Gasteiger partial charge in [0.2, 0.25) is 0 Å². The Morgan fingerprint density at radius 3 is 2.56 bits per heavy atom. The van der Waals surface area contributed by atoms with E-state index in [9.17, 15) is 9.18 Å². The molecule has 1 amide bonds. The number of halogens is 1. The van der Waals surface area contributed by atoms with Gasteiger partial charge in [-0.2, -0.15) is 5.26 Å². The van der Waals surface area contributed by atoms with E-state index in [1.54, 1.807) is 11.0 Å². The number of likely N-dealkylation sites (tertiary alicyclic amines) is 1. The van der Waals surface area contributed by atoms with E-state index in [1.807, 2.05) is 36.4 Å². The van der Waals surface area contributed by atoms with Crippen LogP contribution in [0.4, 0.5) is 4.39 Å². The number of carbonyl (C=O) groups excluding carboxylic acids is 1. The lowest BCUT2D eigenvalue weighted by atomic mass is 9.90. The van der Waals surface area contributed by atoms with Crippen LogP contribution in [0.2, 0.25) is 0 Å². The number of rotatable bonds is 3. The van der Waals surface area contributed by atoms with Crippen LogP contribution >= 0.6 is 0 Å². The van der Waals surface area contributed by atoms with E-state index in [4.69, 9.17) is 15.7 Å². The minimum atomic E-state index is -0.583. The van der Waals surface area contributed by atoms with Crippen LogP contribution in [0.1, 0.15) is 33.5 Å². The largest absolute Gasteiger partial charge is 0.372 e. The van der Waals surface area contributed by atoms with Crippen LogP contribution in [0, 0.1) is 17.1 Å². The van der Waals surface area contributed by atoms with Crippen molar-refractivity contribution in [2.45, 2.75) is 25.7 Å². The van der Waals surface area contributed by atoms with Gasteiger partial charge in [0.1, 0.15) is 11.9 Å². The Bertz CT molecular complexity index is 1260. The maximum absolute atomic E-state index is 14.5. The third kappa shape index (κ3) is 3.66. The highest BCUT2D eigenvalue weighted by atomic mass is 19.1. The molecule has 2 N–H and O–H groups in total. The van der Waals surface area contributed by atoms with E-state index < -0.39 is 5.82 Å². The predicted molar refractivity (Wildman–Crippen MR) is 119 cm³/mol. The second-order valence-corrected chi connectivity index (χ2v) is 8.34. The molecule has 2 aliphatic heterocycles. The number of ether oxygens (including phenoxy) is 1. The van der Waals surface area contributed by atoms with Crippen molar-refractivity contribution in [3.05, 3.63) is 82.7 Å². The van der Waals surface area contributed by atoms with E-state index >= 15 is 0 Å². The topological polar surface area (TPSA) is 79.4 Å². The first-order chi connectivity index (χ1) is 15.5. The molecule has 3 aromatic rings. The van der Waals surface area contributed by atoms with Crippen molar-refractivity contribution in [1.29, 1.82) is 5.26 Å². The summed E-state index contributed by atoms with van der Waals surface area (Å²) < 4.78 is 20.0. The molecule has 2 aliphatic rings. The standard InChI is InChI=1S/C26H22FN3O2/c27-25-11-17(1-3-19(25)12-28)24-10-18(26(31)30-8-7-22(29)13-30)5-6-23(24)16-2-4-20-14-32-15-21(20)9-16/h1-6,9-11,22H,7-8,13-15,29H2/t22-/m0/s1. The Morgan fingerprint density at radius 2 is 1.81 bits per heavy atom. The van der Waals surface area contributed by atoms with Gasteiger partial charge in [-0.05, 0) is 70.1 Å². The SMILES string of the molecule is N#Cc1ccc(-c2cc(C(=O)N3CC[C@H](N)C3)ccc2-c2ccc3c(c2)COC3)cc1F. The second kappa shape index (κ2) is 8.19. The van der Waals surface area contributed by atoms with Crippen molar-refractivity contribution >= 4 is 5.91 Å². The molecule has 0 aliphatic carbocycles. The van der Waals surface area contributed by atoms with E-state index in [0.717, 1.165) is 34.2 Å². The summed E-state index contributed by atoms with van der Waals surface area (Å²) in [5.74, 6) is -0.664. The first kappa shape index (κ1) is 20.4. The Balaban J connectivity index is 1.62. The zero-order chi connectivity index (χ0) is 22.2. The van der Waals surface area contributed by atoms with Gasteiger partial charge in [0.25, 0.3) is 5.91 Å². The van der Waals surface area contributed by atoms with Crippen molar-refractivity contribution in [2.75, 3.05) is 13.1 Å². The summed E-state index contributed by atoms with van der Waals surface area (Å²) in [5, 5.41) is 9.10. The van der Waals surface area contributed by atoms with Gasteiger partial charge in [0.05, 0.1) is 18.8 Å². The van der Waals surface area contributed by atoms with Crippen molar-refractivity contribution in [3.8, 4) is 28.3 Å². The van der Waals surface area contributed by atoms with E-state index in [-0.39, 0.29) is 17.5 Å². The van der Waals surface area contributed by atoms with Crippen LogP contribution in [0.3, 0.4) is 0 Å². The Morgan fingerprint density at radius 1 is 1.03 bits per heavy atom. The lowest BCUT2D eigenvalue weighted by Gasteiger charge is -2.18. The van der Waals surface area contributed by atoms with Crippen LogP contribution < -0.4 is 5.73 Å². The molecule has 3 aromatic carbocycles. The van der Waals surface area contributed by atoms with Gasteiger partial charge < -0.3 is 15.4 Å². The highest BCUT2D eigenvalue weighted by Crippen LogP contribution is 2.36. The molecule has 2 heterocycles. The molecule has 1 fully saturated rings. The number of fused-ring (bicyclic) bond motifs is 1. The fraction of sp³-hybridized carbons (Fsp3) is 0.231. The fourth-order valence-electron chi connectivity index (χ4n) is 4.44. The summed E-state index contributed by atoms with van der Waals surface area (Å²) in [5.41, 5.74) is 12.0. The molecular formula is C26H22FN3O2. The molecule has 0 saturated carbocycles. The van der Waals surface area contributed by atoms with Crippen LogP contribution in [0.15, 0.2) is 54.6 Å². The smallest absolute Gasteiger partial charge is 0.253 e. The van der Waals surface area contributed by atoms with E-state index in [2.05, 4.69) is 6.07 Å². The minimum Gasteiger partial charge on any atom is -0.372 e. The first-order valence-corrected chi connectivity index (χ1v) is 10.6. The van der Waals surface area contributed by atoms with Crippen molar-refractivity contribution in [2.24, 2.45) is 5.73 Å². The molecule has 0 aromatic heterocycles. The van der Waals surface area contributed by atoms with Gasteiger partial charge in [-0.15, -0.1) is 0 Å². The Labute approximate surface area is 185 Å². The fourth-order valence-corrected chi connectivity index (χ4v) is 4.44. The number of hydrogen-bond acceptors (Lipinski definition) is 4. The number of benzene rings is 3. The number of nitrogens with two attached hydrogens (primary N) is 1. The number of carbonyl (C=O) groups is 1. The highest BCUT2D eigenvalue weighted by Gasteiger charge is 2.25. The summed E-state index contributed by atoms with van der Waals surface area (Å²) in [6.45, 7) is 2.34. The van der Waals surface area contributed by atoms with Gasteiger partial charge in [0.15, 0.2) is 0 Å². The zero-order valence-corrected chi connectivity index (χ0v) is 17.5. The summed E-state index contributed by atoms with van der Waals surface area (Å²) >= 11 is 0. The lowest BCUT2D eigenvalue weighted by molar-refractivity contribution is 0.0791. The molecule has 6 heteroatoms. The molecular weight excluding hydrogens is 405 g/mol. The van der Waals surface area contributed by atoms with Crippen LogP contribution in [0.25, 0.3) is 22.3 Å². The van der Waals surface area contributed by atoms with Gasteiger partial charge in [-0.25, -0.2) is 4.39 Å². The van der Waals surface area contributed by atoms with Gasteiger partial charge >= 0.3 is 0 Å². The van der Waals surface area contributed by atoms with Crippen molar-refractivity contribution < 1.29 is 13.9 Å². The maximum Gasteiger partial charge on any atom is 0.253 e. The molecule has 160 valence electrons. The molecule has 5 nitrogen and oxygen atoms in total. The first-order valence-electron chi connectivity index (χ1n) is 10.6. The van der Waals surface area contributed by atoms with Crippen molar-refractivity contribution in [3.63, 3.8) is 0 Å². The summed E-state index contributed by atoms with van der Waals surface area (Å²) in [6.07, 6.45) is 0.786. The Hall–Kier alpha value is -3.53. The predicted octanol–water partition coefficient (Wildman–Crippen LogP) is 4.23. The quantitative estimate of drug-likeness (QED) is 0.678. The monoisotopic (exact) mass is 427 g/mol. The van der Waals surface area contributed by atoms with Crippen molar-refractivity contribution in [1.82, 2.24) is 4.90 Å². The molecule has 0 spiro atoms. The van der Waals surface area contributed by atoms with Crippen LogP contribution in [-0.4, -0.2) is 29.9 Å². The van der Waals surface area contributed by atoms with Gasteiger partial charge in [-0.1, -0.05) is 24.3 Å². The third-order valence-electron chi connectivity index (χ3n) is 6.21. The number of hydrogen-bond donors (Lipinski definition) is 1. The summed E-state index contributed by atoms with van der Waals surface area (Å²) in [6, 6.07) is 18.1. The minimum absolute atomic E-state index is 0.000974. The molecule has 32 heavy (non-hydrogen) atoms. The molecule has 0 radical (unpaired) electrons. The number of nitriles is 1. The van der Waals surface area contributed by atoms with Crippen LogP contribution in [0.5, 0.6) is 0 Å².